The van der Waals surface area contributed by atoms with Gasteiger partial charge in [0.15, 0.2) is 0 Å². The summed E-state index contributed by atoms with van der Waals surface area (Å²) >= 11 is 6.27. The zero-order chi connectivity index (χ0) is 26.0. The summed E-state index contributed by atoms with van der Waals surface area (Å²) in [5, 5.41) is 9.84. The second-order valence-corrected chi connectivity index (χ2v) is 9.94. The molecule has 4 rings (SSSR count). The van der Waals surface area contributed by atoms with Crippen LogP contribution in [-0.4, -0.2) is 32.6 Å². The molecule has 0 atom stereocenters. The van der Waals surface area contributed by atoms with E-state index in [0.717, 1.165) is 28.8 Å². The first kappa shape index (κ1) is 25.9. The number of amides is 1. The highest BCUT2D eigenvalue weighted by molar-refractivity contribution is 6.31. The van der Waals surface area contributed by atoms with E-state index in [-0.39, 0.29) is 41.8 Å². The molecule has 0 aliphatic carbocycles. The maximum absolute atomic E-state index is 13.9. The molecule has 2 aromatic carbocycles. The van der Waals surface area contributed by atoms with E-state index >= 15 is 0 Å². The molecule has 0 unspecified atom stereocenters. The first-order valence-corrected chi connectivity index (χ1v) is 11.9. The topological polar surface area (TPSA) is 71.8 Å². The van der Waals surface area contributed by atoms with Crippen molar-refractivity contribution in [2.45, 2.75) is 52.0 Å². The summed E-state index contributed by atoms with van der Waals surface area (Å²) in [5.41, 5.74) is 1.65. The number of nitrogens with zero attached hydrogens (tertiary/aromatic N) is 2. The van der Waals surface area contributed by atoms with Crippen LogP contribution in [0.1, 0.15) is 42.5 Å². The molecule has 0 saturated carbocycles. The summed E-state index contributed by atoms with van der Waals surface area (Å²) in [7, 11) is 0. The molecular weight excluding hydrogens is 490 g/mol. The van der Waals surface area contributed by atoms with Gasteiger partial charge in [0.2, 0.25) is 5.91 Å². The molecule has 3 aromatic rings. The Labute approximate surface area is 212 Å². The third kappa shape index (κ3) is 5.94. The summed E-state index contributed by atoms with van der Waals surface area (Å²) < 4.78 is 34.0. The molecule has 0 radical (unpaired) electrons. The van der Waals surface area contributed by atoms with Gasteiger partial charge in [-0.1, -0.05) is 29.8 Å². The molecule has 6 nitrogen and oxygen atoms in total. The highest BCUT2D eigenvalue weighted by Gasteiger charge is 2.26. The Morgan fingerprint density at radius 2 is 1.94 bits per heavy atom. The Bertz CT molecular complexity index is 1350. The van der Waals surface area contributed by atoms with E-state index in [1.165, 1.54) is 16.7 Å². The predicted octanol–water partition coefficient (Wildman–Crippen LogP) is 4.45. The minimum Gasteiger partial charge on any atom is -0.487 e. The fourth-order valence-corrected chi connectivity index (χ4v) is 4.50. The van der Waals surface area contributed by atoms with Crippen LogP contribution in [0.2, 0.25) is 5.02 Å². The highest BCUT2D eigenvalue weighted by Crippen LogP contribution is 2.26. The molecule has 2 heterocycles. The minimum absolute atomic E-state index is 0.0537. The number of carbonyl (C=O) groups is 1. The lowest BCUT2D eigenvalue weighted by Gasteiger charge is -2.32. The van der Waals surface area contributed by atoms with Gasteiger partial charge in [-0.15, -0.1) is 0 Å². The van der Waals surface area contributed by atoms with Crippen molar-refractivity contribution in [1.29, 1.82) is 0 Å². The van der Waals surface area contributed by atoms with Crippen LogP contribution in [0, 0.1) is 11.6 Å². The SMILES string of the molecule is CC(C)(O)CC(=O)N1CCc2c(cccc2Cn2ccc(OCc3ccc(F)cc3F)c(Cl)c2=O)C1. The smallest absolute Gasteiger partial charge is 0.273 e. The Kier molecular flexibility index (Phi) is 7.47. The van der Waals surface area contributed by atoms with Crippen LogP contribution in [0.4, 0.5) is 8.78 Å². The van der Waals surface area contributed by atoms with Gasteiger partial charge in [0.25, 0.3) is 5.56 Å². The van der Waals surface area contributed by atoms with E-state index in [9.17, 15) is 23.5 Å². The molecule has 1 aliphatic heterocycles. The van der Waals surface area contributed by atoms with Crippen LogP contribution in [0.5, 0.6) is 5.75 Å². The molecule has 9 heteroatoms. The van der Waals surface area contributed by atoms with Crippen LogP contribution < -0.4 is 10.3 Å². The molecule has 0 fully saturated rings. The van der Waals surface area contributed by atoms with Crippen molar-refractivity contribution in [1.82, 2.24) is 9.47 Å². The van der Waals surface area contributed by atoms with Crippen LogP contribution in [0.15, 0.2) is 53.5 Å². The van der Waals surface area contributed by atoms with Gasteiger partial charge in [0.1, 0.15) is 29.0 Å². The van der Waals surface area contributed by atoms with E-state index in [4.69, 9.17) is 16.3 Å². The number of rotatable bonds is 7. The maximum Gasteiger partial charge on any atom is 0.273 e. The van der Waals surface area contributed by atoms with E-state index in [1.54, 1.807) is 24.9 Å². The van der Waals surface area contributed by atoms with Crippen LogP contribution >= 0.6 is 11.6 Å². The van der Waals surface area contributed by atoms with Gasteiger partial charge in [-0.3, -0.25) is 9.59 Å². The molecule has 190 valence electrons. The largest absolute Gasteiger partial charge is 0.487 e. The molecule has 0 spiro atoms. The molecule has 1 aromatic heterocycles. The Hall–Kier alpha value is -3.23. The van der Waals surface area contributed by atoms with Crippen molar-refractivity contribution in [3.63, 3.8) is 0 Å². The monoisotopic (exact) mass is 516 g/mol. The van der Waals surface area contributed by atoms with Crippen molar-refractivity contribution in [3.05, 3.63) is 97.9 Å². The fraction of sp³-hybridized carbons (Fsp3) is 0.333. The number of aliphatic hydroxyl groups is 1. The highest BCUT2D eigenvalue weighted by atomic mass is 35.5. The second kappa shape index (κ2) is 10.4. The predicted molar refractivity (Wildman–Crippen MR) is 132 cm³/mol. The molecule has 0 bridgehead atoms. The summed E-state index contributed by atoms with van der Waals surface area (Å²) in [6.45, 7) is 4.28. The van der Waals surface area contributed by atoms with Crippen LogP contribution in [-0.2, 0) is 30.9 Å². The summed E-state index contributed by atoms with van der Waals surface area (Å²) in [4.78, 5) is 27.2. The van der Waals surface area contributed by atoms with Crippen LogP contribution in [0.3, 0.4) is 0 Å². The molecule has 36 heavy (non-hydrogen) atoms. The number of hydrogen-bond donors (Lipinski definition) is 1. The standard InChI is InChI=1S/C27H27ClF2N2O4/c1-27(2,35)13-24(33)31-10-8-21-17(14-31)4-3-5-18(21)15-32-11-9-23(25(28)26(32)34)36-16-19-6-7-20(29)12-22(19)30/h3-7,9,11-12,35H,8,10,13-16H2,1-2H3. The van der Waals surface area contributed by atoms with Crippen molar-refractivity contribution < 1.29 is 23.4 Å². The zero-order valence-electron chi connectivity index (χ0n) is 20.1. The Morgan fingerprint density at radius 1 is 1.17 bits per heavy atom. The zero-order valence-corrected chi connectivity index (χ0v) is 20.8. The fourth-order valence-electron chi connectivity index (χ4n) is 4.28. The molecular formula is C27H27ClF2N2O4. The summed E-state index contributed by atoms with van der Waals surface area (Å²) in [6, 6.07) is 10.5. The number of hydrogen-bond acceptors (Lipinski definition) is 4. The number of aromatic nitrogens is 1. The average Bonchev–Trinajstić information content (AvgIpc) is 2.81. The molecule has 1 aliphatic rings. The van der Waals surface area contributed by atoms with Crippen molar-refractivity contribution in [3.8, 4) is 5.75 Å². The van der Waals surface area contributed by atoms with Crippen LogP contribution in [0.25, 0.3) is 0 Å². The van der Waals surface area contributed by atoms with E-state index in [2.05, 4.69) is 0 Å². The lowest BCUT2D eigenvalue weighted by Crippen LogP contribution is -2.40. The summed E-state index contributed by atoms with van der Waals surface area (Å²) in [5.74, 6) is -1.42. The number of halogens is 3. The van der Waals surface area contributed by atoms with Crippen molar-refractivity contribution in [2.24, 2.45) is 0 Å². The Balaban J connectivity index is 1.48. The van der Waals surface area contributed by atoms with Gasteiger partial charge in [-0.05, 0) is 55.2 Å². The van der Waals surface area contributed by atoms with Gasteiger partial charge in [-0.2, -0.15) is 0 Å². The summed E-state index contributed by atoms with van der Waals surface area (Å²) in [6.07, 6.45) is 2.25. The third-order valence-electron chi connectivity index (χ3n) is 6.11. The number of pyridine rings is 1. The number of fused-ring (bicyclic) bond motifs is 1. The molecule has 0 saturated heterocycles. The maximum atomic E-state index is 13.9. The first-order valence-electron chi connectivity index (χ1n) is 11.6. The van der Waals surface area contributed by atoms with Gasteiger partial charge in [0.05, 0.1) is 18.6 Å². The van der Waals surface area contributed by atoms with Gasteiger partial charge in [-0.25, -0.2) is 8.78 Å². The number of carbonyl (C=O) groups excluding carboxylic acids is 1. The van der Waals surface area contributed by atoms with Gasteiger partial charge in [0, 0.05) is 30.9 Å². The minimum atomic E-state index is -1.07. The average molecular weight is 517 g/mol. The normalized spacial score (nSPS) is 13.4. The third-order valence-corrected chi connectivity index (χ3v) is 6.46. The lowest BCUT2D eigenvalue weighted by atomic mass is 9.93. The first-order chi connectivity index (χ1) is 17.0. The van der Waals surface area contributed by atoms with E-state index in [0.29, 0.717) is 19.5 Å². The van der Waals surface area contributed by atoms with Gasteiger partial charge >= 0.3 is 0 Å². The van der Waals surface area contributed by atoms with Crippen molar-refractivity contribution >= 4 is 17.5 Å². The number of benzene rings is 2. The van der Waals surface area contributed by atoms with Gasteiger partial charge < -0.3 is 19.3 Å². The quantitative estimate of drug-likeness (QED) is 0.503. The Morgan fingerprint density at radius 3 is 2.67 bits per heavy atom. The lowest BCUT2D eigenvalue weighted by molar-refractivity contribution is -0.136. The second-order valence-electron chi connectivity index (χ2n) is 9.56. The molecule has 1 N–H and O–H groups in total. The molecule has 1 amide bonds. The van der Waals surface area contributed by atoms with Crippen molar-refractivity contribution in [2.75, 3.05) is 6.54 Å². The van der Waals surface area contributed by atoms with E-state index < -0.39 is 22.8 Å². The number of ether oxygens (including phenoxy) is 1. The van der Waals surface area contributed by atoms with E-state index in [1.807, 2.05) is 18.2 Å².